The van der Waals surface area contributed by atoms with Crippen molar-refractivity contribution in [1.29, 1.82) is 0 Å². The highest BCUT2D eigenvalue weighted by Gasteiger charge is 2.19. The first-order chi connectivity index (χ1) is 9.29. The predicted octanol–water partition coefficient (Wildman–Crippen LogP) is 3.43. The highest BCUT2D eigenvalue weighted by Crippen LogP contribution is 2.25. The minimum atomic E-state index is 0.833. The molecule has 0 aliphatic heterocycles. The summed E-state index contributed by atoms with van der Waals surface area (Å²) < 4.78 is 2.30. The Bertz CT molecular complexity index is 564. The van der Waals surface area contributed by atoms with Gasteiger partial charge < -0.3 is 9.88 Å². The van der Waals surface area contributed by atoms with E-state index in [1.54, 1.807) is 0 Å². The van der Waals surface area contributed by atoms with Crippen LogP contribution in [0.15, 0.2) is 24.4 Å². The molecule has 0 atom stereocenters. The molecule has 3 rings (SSSR count). The van der Waals surface area contributed by atoms with Gasteiger partial charge in [0.05, 0.1) is 5.52 Å². The number of para-hydroxylation sites is 1. The zero-order valence-corrected chi connectivity index (χ0v) is 12.1. The van der Waals surface area contributed by atoms with Gasteiger partial charge in [-0.25, -0.2) is 0 Å². The molecule has 1 aliphatic rings. The average molecular weight is 256 g/mol. The Morgan fingerprint density at radius 1 is 1.26 bits per heavy atom. The molecule has 102 valence electrons. The lowest BCUT2D eigenvalue weighted by atomic mass is 10.0. The van der Waals surface area contributed by atoms with E-state index in [0.29, 0.717) is 0 Å². The van der Waals surface area contributed by atoms with Gasteiger partial charge in [0.25, 0.3) is 0 Å². The number of nitrogens with one attached hydrogen (secondary N) is 1. The highest BCUT2D eigenvalue weighted by atomic mass is 14.9. The van der Waals surface area contributed by atoms with Crippen molar-refractivity contribution < 1.29 is 0 Å². The molecule has 19 heavy (non-hydrogen) atoms. The van der Waals surface area contributed by atoms with E-state index in [1.165, 1.54) is 47.7 Å². The monoisotopic (exact) mass is 256 g/mol. The minimum Gasteiger partial charge on any atom is -0.350 e. The van der Waals surface area contributed by atoms with Crippen molar-refractivity contribution in [3.05, 3.63) is 35.5 Å². The van der Waals surface area contributed by atoms with E-state index in [1.807, 2.05) is 0 Å². The van der Waals surface area contributed by atoms with Crippen LogP contribution in [-0.4, -0.2) is 17.2 Å². The predicted molar refractivity (Wildman–Crippen MR) is 81.6 cm³/mol. The third-order valence-corrected chi connectivity index (χ3v) is 4.18. The van der Waals surface area contributed by atoms with Crippen LogP contribution in [0.25, 0.3) is 10.9 Å². The fourth-order valence-corrected chi connectivity index (χ4v) is 2.99. The fourth-order valence-electron chi connectivity index (χ4n) is 2.99. The molecule has 0 radical (unpaired) electrons. The van der Waals surface area contributed by atoms with E-state index in [4.69, 9.17) is 0 Å². The minimum absolute atomic E-state index is 0.833. The Morgan fingerprint density at radius 3 is 2.84 bits per heavy atom. The molecule has 1 aromatic heterocycles. The van der Waals surface area contributed by atoms with Crippen LogP contribution in [0.2, 0.25) is 0 Å². The van der Waals surface area contributed by atoms with Crippen LogP contribution in [-0.2, 0) is 19.9 Å². The summed E-state index contributed by atoms with van der Waals surface area (Å²) in [5.74, 6) is 0. The summed E-state index contributed by atoms with van der Waals surface area (Å²) in [5, 5.41) is 5.05. The van der Waals surface area contributed by atoms with Crippen molar-refractivity contribution >= 4 is 10.9 Å². The van der Waals surface area contributed by atoms with E-state index in [0.717, 1.165) is 19.0 Å². The first-order valence-corrected chi connectivity index (χ1v) is 7.58. The number of hydrogen-bond donors (Lipinski definition) is 1. The van der Waals surface area contributed by atoms with Gasteiger partial charge >= 0.3 is 0 Å². The molecule has 1 fully saturated rings. The zero-order chi connectivity index (χ0) is 13.2. The second kappa shape index (κ2) is 5.38. The van der Waals surface area contributed by atoms with Crippen molar-refractivity contribution in [1.82, 2.24) is 9.88 Å². The first-order valence-electron chi connectivity index (χ1n) is 7.58. The number of hydrogen-bond acceptors (Lipinski definition) is 1. The van der Waals surface area contributed by atoms with Crippen molar-refractivity contribution in [3.8, 4) is 0 Å². The Balaban J connectivity index is 1.75. The number of fused-ring (bicyclic) bond motifs is 1. The van der Waals surface area contributed by atoms with Crippen LogP contribution in [0.5, 0.6) is 0 Å². The molecular formula is C17H24N2. The third kappa shape index (κ3) is 2.69. The molecule has 0 saturated heterocycles. The summed E-state index contributed by atoms with van der Waals surface area (Å²) in [6, 6.07) is 7.56. The molecule has 2 aromatic rings. The van der Waals surface area contributed by atoms with E-state index in [-0.39, 0.29) is 0 Å². The topological polar surface area (TPSA) is 17.0 Å². The molecule has 1 saturated carbocycles. The van der Waals surface area contributed by atoms with Crippen LogP contribution < -0.4 is 5.32 Å². The zero-order valence-electron chi connectivity index (χ0n) is 12.1. The lowest BCUT2D eigenvalue weighted by molar-refractivity contribution is 0.646. The highest BCUT2D eigenvalue weighted by molar-refractivity contribution is 5.86. The lowest BCUT2D eigenvalue weighted by Gasteiger charge is -2.04. The normalized spacial score (nSPS) is 15.3. The molecule has 1 aromatic carbocycles. The second-order valence-electron chi connectivity index (χ2n) is 5.76. The number of aromatic nitrogens is 1. The van der Waals surface area contributed by atoms with Gasteiger partial charge in [0.15, 0.2) is 0 Å². The maximum absolute atomic E-state index is 3.60. The van der Waals surface area contributed by atoms with Crippen molar-refractivity contribution in [3.63, 3.8) is 0 Å². The van der Waals surface area contributed by atoms with Crippen LogP contribution >= 0.6 is 0 Å². The Hall–Kier alpha value is -1.28. The average Bonchev–Trinajstić information content (AvgIpc) is 3.20. The van der Waals surface area contributed by atoms with E-state index in [2.05, 4.69) is 48.3 Å². The Labute approximate surface area is 115 Å². The molecule has 0 bridgehead atoms. The van der Waals surface area contributed by atoms with Crippen LogP contribution in [0.3, 0.4) is 0 Å². The molecule has 1 N–H and O–H groups in total. The van der Waals surface area contributed by atoms with Gasteiger partial charge in [-0.1, -0.05) is 25.1 Å². The van der Waals surface area contributed by atoms with Crippen molar-refractivity contribution in [2.24, 2.45) is 7.05 Å². The summed E-state index contributed by atoms with van der Waals surface area (Å²) in [7, 11) is 2.17. The van der Waals surface area contributed by atoms with E-state index in [9.17, 15) is 0 Å². The summed E-state index contributed by atoms with van der Waals surface area (Å²) >= 11 is 0. The maximum Gasteiger partial charge on any atom is 0.0512 e. The Morgan fingerprint density at radius 2 is 2.11 bits per heavy atom. The quantitative estimate of drug-likeness (QED) is 0.784. The van der Waals surface area contributed by atoms with Gasteiger partial charge in [0.1, 0.15) is 0 Å². The van der Waals surface area contributed by atoms with Crippen LogP contribution in [0.1, 0.15) is 37.3 Å². The van der Waals surface area contributed by atoms with Gasteiger partial charge in [-0.15, -0.1) is 0 Å². The van der Waals surface area contributed by atoms with Crippen molar-refractivity contribution in [2.75, 3.05) is 6.54 Å². The summed E-state index contributed by atoms with van der Waals surface area (Å²) in [4.78, 5) is 0. The van der Waals surface area contributed by atoms with E-state index >= 15 is 0 Å². The number of aryl methyl sites for hydroxylation is 3. The maximum atomic E-state index is 3.60. The lowest BCUT2D eigenvalue weighted by Crippen LogP contribution is -2.17. The summed E-state index contributed by atoms with van der Waals surface area (Å²) in [6.45, 7) is 3.40. The third-order valence-electron chi connectivity index (χ3n) is 4.18. The SMILES string of the molecule is CCc1cccc2c(CCCNC3CC3)cn(C)c12. The molecule has 0 unspecified atom stereocenters. The van der Waals surface area contributed by atoms with Gasteiger partial charge in [-0.3, -0.25) is 0 Å². The second-order valence-corrected chi connectivity index (χ2v) is 5.76. The Kier molecular flexibility index (Phi) is 3.61. The largest absolute Gasteiger partial charge is 0.350 e. The van der Waals surface area contributed by atoms with Gasteiger partial charge in [0.2, 0.25) is 0 Å². The first kappa shape index (κ1) is 12.7. The molecular weight excluding hydrogens is 232 g/mol. The summed E-state index contributed by atoms with van der Waals surface area (Å²) in [6.07, 6.45) is 8.62. The molecule has 1 heterocycles. The molecule has 1 aliphatic carbocycles. The summed E-state index contributed by atoms with van der Waals surface area (Å²) in [5.41, 5.74) is 4.39. The molecule has 0 amide bonds. The smallest absolute Gasteiger partial charge is 0.0512 e. The van der Waals surface area contributed by atoms with Gasteiger partial charge in [0, 0.05) is 24.7 Å². The van der Waals surface area contributed by atoms with E-state index < -0.39 is 0 Å². The van der Waals surface area contributed by atoms with Crippen LogP contribution in [0.4, 0.5) is 0 Å². The fraction of sp³-hybridized carbons (Fsp3) is 0.529. The number of nitrogens with zero attached hydrogens (tertiary/aromatic N) is 1. The standard InChI is InChI=1S/C17H24N2/c1-3-13-6-4-8-16-14(12-19(2)17(13)16)7-5-11-18-15-9-10-15/h4,6,8,12,15,18H,3,5,7,9-11H2,1-2H3. The molecule has 0 spiro atoms. The molecule has 2 heteroatoms. The molecule has 2 nitrogen and oxygen atoms in total. The van der Waals surface area contributed by atoms with Gasteiger partial charge in [-0.05, 0) is 49.8 Å². The van der Waals surface area contributed by atoms with Crippen LogP contribution in [0, 0.1) is 0 Å². The van der Waals surface area contributed by atoms with Gasteiger partial charge in [-0.2, -0.15) is 0 Å². The number of benzene rings is 1. The van der Waals surface area contributed by atoms with Crippen molar-refractivity contribution in [2.45, 2.75) is 45.1 Å². The number of rotatable bonds is 6.